The standard InChI is InChI=1S/C40H34ClF3N8O7/c41-27-13-11-26(12-14-27)39(18-19-39)52-37-49-36(50-38(51-37)59-22-40(42,43)44)47-28-15-9-24(10-16-28)32(54)48-30(35(57)58)17-20-45-33(55)34(56)46-29-8-4-7-25(21-29)31(53)23-5-2-1-3-6-23/h1-16,21,30H,17-20,22H2,(H,45,55)(H,46,56)(H,48,54)(H,57,58)(H2,47,49,50,51,52)/t30-/m0/s1. The monoisotopic (exact) mass is 830 g/mol. The molecule has 1 saturated carbocycles. The highest BCUT2D eigenvalue weighted by molar-refractivity contribution is 6.39. The maximum atomic E-state index is 13.0. The Labute approximate surface area is 338 Å². The van der Waals surface area contributed by atoms with Gasteiger partial charge in [0.15, 0.2) is 12.4 Å². The third kappa shape index (κ3) is 11.5. The maximum absolute atomic E-state index is 13.0. The predicted molar refractivity (Wildman–Crippen MR) is 209 cm³/mol. The number of ketones is 1. The predicted octanol–water partition coefficient (Wildman–Crippen LogP) is 5.87. The number of benzene rings is 4. The van der Waals surface area contributed by atoms with Crippen LogP contribution < -0.4 is 31.3 Å². The van der Waals surface area contributed by atoms with Crippen molar-refractivity contribution >= 4 is 64.3 Å². The Morgan fingerprint density at radius 2 is 1.46 bits per heavy atom. The van der Waals surface area contributed by atoms with Gasteiger partial charge in [0.25, 0.3) is 5.91 Å². The van der Waals surface area contributed by atoms with E-state index in [1.807, 2.05) is 12.1 Å². The number of amides is 3. The maximum Gasteiger partial charge on any atom is 0.422 e. The minimum absolute atomic E-state index is 0.0454. The number of carboxylic acid groups (broad SMARTS) is 1. The van der Waals surface area contributed by atoms with Crippen molar-refractivity contribution in [2.75, 3.05) is 29.1 Å². The number of ether oxygens (including phenoxy) is 1. The second-order valence-corrected chi connectivity index (χ2v) is 13.7. The van der Waals surface area contributed by atoms with Gasteiger partial charge < -0.3 is 36.4 Å². The van der Waals surface area contributed by atoms with Crippen molar-refractivity contribution in [2.24, 2.45) is 0 Å². The first-order chi connectivity index (χ1) is 28.2. The van der Waals surface area contributed by atoms with E-state index < -0.39 is 54.1 Å². The lowest BCUT2D eigenvalue weighted by Crippen LogP contribution is -2.44. The average molecular weight is 831 g/mol. The van der Waals surface area contributed by atoms with Gasteiger partial charge in [0, 0.05) is 39.6 Å². The molecule has 1 aliphatic carbocycles. The van der Waals surface area contributed by atoms with E-state index in [-0.39, 0.29) is 47.5 Å². The molecule has 304 valence electrons. The minimum Gasteiger partial charge on any atom is -0.480 e. The summed E-state index contributed by atoms with van der Waals surface area (Å²) in [6.07, 6.45) is -3.56. The van der Waals surface area contributed by atoms with Gasteiger partial charge >= 0.3 is 30.0 Å². The number of carbonyl (C=O) groups is 5. The van der Waals surface area contributed by atoms with Crippen molar-refractivity contribution in [1.82, 2.24) is 25.6 Å². The van der Waals surface area contributed by atoms with Gasteiger partial charge in [-0.2, -0.15) is 28.1 Å². The average Bonchev–Trinajstić information content (AvgIpc) is 4.00. The number of carboxylic acids is 1. The normalized spacial score (nSPS) is 13.3. The Bertz CT molecular complexity index is 2350. The number of halogens is 4. The number of nitrogens with zero attached hydrogens (tertiary/aromatic N) is 3. The number of nitrogens with one attached hydrogen (secondary N) is 5. The fourth-order valence-electron chi connectivity index (χ4n) is 5.70. The number of aliphatic carboxylic acids is 1. The largest absolute Gasteiger partial charge is 0.480 e. The van der Waals surface area contributed by atoms with Crippen molar-refractivity contribution in [1.29, 1.82) is 0 Å². The van der Waals surface area contributed by atoms with Gasteiger partial charge in [-0.3, -0.25) is 19.2 Å². The van der Waals surface area contributed by atoms with Crippen molar-refractivity contribution in [3.8, 4) is 6.01 Å². The van der Waals surface area contributed by atoms with Crippen molar-refractivity contribution in [3.05, 3.63) is 130 Å². The summed E-state index contributed by atoms with van der Waals surface area (Å²) < 4.78 is 43.7. The fraction of sp³-hybridized carbons (Fsp3) is 0.200. The number of aromatic nitrogens is 3. The van der Waals surface area contributed by atoms with Gasteiger partial charge in [0.2, 0.25) is 11.9 Å². The van der Waals surface area contributed by atoms with Crippen molar-refractivity contribution < 1.29 is 47.0 Å². The topological polar surface area (TPSA) is 214 Å². The summed E-state index contributed by atoms with van der Waals surface area (Å²) in [6.45, 7) is -1.94. The SMILES string of the molecule is O=C(NCC[C@H](NC(=O)c1ccc(Nc2nc(NC3(c4ccc(Cl)cc4)CC3)nc(OCC(F)(F)F)n2)cc1)C(=O)O)C(=O)Nc1cccc(C(=O)c2ccccc2)c1. The lowest BCUT2D eigenvalue weighted by molar-refractivity contribution is -0.154. The molecule has 0 unspecified atom stereocenters. The number of rotatable bonds is 16. The first-order valence-corrected chi connectivity index (χ1v) is 18.2. The second-order valence-electron chi connectivity index (χ2n) is 13.2. The molecule has 19 heteroatoms. The van der Waals surface area contributed by atoms with Gasteiger partial charge in [0.05, 0.1) is 5.54 Å². The van der Waals surface area contributed by atoms with E-state index in [1.165, 1.54) is 36.4 Å². The van der Waals surface area contributed by atoms with Crippen LogP contribution in [0.2, 0.25) is 5.02 Å². The van der Waals surface area contributed by atoms with E-state index in [1.54, 1.807) is 54.6 Å². The smallest absolute Gasteiger partial charge is 0.422 e. The molecule has 0 bridgehead atoms. The highest BCUT2D eigenvalue weighted by Crippen LogP contribution is 2.48. The molecule has 4 aromatic carbocycles. The van der Waals surface area contributed by atoms with Crippen LogP contribution in [-0.4, -0.2) is 74.9 Å². The third-order valence-corrected chi connectivity index (χ3v) is 9.08. The molecule has 1 aromatic heterocycles. The van der Waals surface area contributed by atoms with Crippen LogP contribution in [0, 0.1) is 0 Å². The number of hydrogen-bond donors (Lipinski definition) is 6. The van der Waals surface area contributed by atoms with Crippen molar-refractivity contribution in [3.63, 3.8) is 0 Å². The highest BCUT2D eigenvalue weighted by atomic mass is 35.5. The zero-order valence-corrected chi connectivity index (χ0v) is 31.4. The Balaban J connectivity index is 1.03. The molecule has 1 fully saturated rings. The zero-order valence-electron chi connectivity index (χ0n) is 30.7. The van der Waals surface area contributed by atoms with E-state index in [9.17, 15) is 42.3 Å². The van der Waals surface area contributed by atoms with Gasteiger partial charge in [0.1, 0.15) is 6.04 Å². The van der Waals surface area contributed by atoms with Crippen LogP contribution in [-0.2, 0) is 19.9 Å². The van der Waals surface area contributed by atoms with Crippen LogP contribution in [0.5, 0.6) is 6.01 Å². The van der Waals surface area contributed by atoms with E-state index in [0.717, 1.165) is 5.56 Å². The van der Waals surface area contributed by atoms with Crippen molar-refractivity contribution in [2.45, 2.75) is 37.0 Å². The number of anilines is 4. The molecule has 59 heavy (non-hydrogen) atoms. The fourth-order valence-corrected chi connectivity index (χ4v) is 5.82. The molecular weight excluding hydrogens is 797 g/mol. The summed E-state index contributed by atoms with van der Waals surface area (Å²) in [7, 11) is 0. The summed E-state index contributed by atoms with van der Waals surface area (Å²) in [5, 5.41) is 23.3. The van der Waals surface area contributed by atoms with E-state index in [4.69, 9.17) is 16.3 Å². The second kappa shape index (κ2) is 18.0. The molecule has 0 radical (unpaired) electrons. The molecule has 1 atom stereocenters. The molecule has 0 aliphatic heterocycles. The Morgan fingerprint density at radius 1 is 0.780 bits per heavy atom. The lowest BCUT2D eigenvalue weighted by atomic mass is 10.0. The van der Waals surface area contributed by atoms with Crippen LogP contribution in [0.4, 0.5) is 36.4 Å². The van der Waals surface area contributed by atoms with Crippen LogP contribution in [0.3, 0.4) is 0 Å². The van der Waals surface area contributed by atoms with Crippen LogP contribution >= 0.6 is 11.6 Å². The van der Waals surface area contributed by atoms with Crippen LogP contribution in [0.15, 0.2) is 103 Å². The van der Waals surface area contributed by atoms with Gasteiger partial charge in [-0.15, -0.1) is 0 Å². The zero-order chi connectivity index (χ0) is 42.2. The summed E-state index contributed by atoms with van der Waals surface area (Å²) >= 11 is 6.02. The molecule has 6 rings (SSSR count). The molecule has 1 heterocycles. The Hall–Kier alpha value is -7.08. The summed E-state index contributed by atoms with van der Waals surface area (Å²) in [5.41, 5.74) is 1.57. The van der Waals surface area contributed by atoms with E-state index >= 15 is 0 Å². The van der Waals surface area contributed by atoms with Gasteiger partial charge in [-0.1, -0.05) is 66.2 Å². The van der Waals surface area contributed by atoms with E-state index in [0.29, 0.717) is 29.1 Å². The van der Waals surface area contributed by atoms with Gasteiger partial charge in [-0.05, 0) is 73.4 Å². The summed E-state index contributed by atoms with van der Waals surface area (Å²) in [4.78, 5) is 75.0. The van der Waals surface area contributed by atoms with Crippen LogP contribution in [0.25, 0.3) is 0 Å². The molecular formula is C40H34ClF3N8O7. The number of alkyl halides is 3. The minimum atomic E-state index is -4.66. The lowest BCUT2D eigenvalue weighted by Gasteiger charge is -2.19. The Kier molecular flexibility index (Phi) is 12.7. The van der Waals surface area contributed by atoms with E-state index in [2.05, 4.69) is 41.5 Å². The molecule has 15 nitrogen and oxygen atoms in total. The molecule has 0 saturated heterocycles. The summed E-state index contributed by atoms with van der Waals surface area (Å²) in [5.74, 6) is -4.81. The molecule has 3 amide bonds. The number of hydrogen-bond acceptors (Lipinski definition) is 11. The first-order valence-electron chi connectivity index (χ1n) is 17.9. The first kappa shape index (κ1) is 41.6. The molecule has 1 aliphatic rings. The Morgan fingerprint density at radius 3 is 2.12 bits per heavy atom. The molecule has 6 N–H and O–H groups in total. The third-order valence-electron chi connectivity index (χ3n) is 8.83. The van der Waals surface area contributed by atoms with Crippen LogP contribution in [0.1, 0.15) is 51.1 Å². The molecule has 0 spiro atoms. The summed E-state index contributed by atoms with van der Waals surface area (Å²) in [6, 6.07) is 25.1. The highest BCUT2D eigenvalue weighted by Gasteiger charge is 2.45. The quantitative estimate of drug-likeness (QED) is 0.0509. The molecule has 5 aromatic rings. The number of carbonyl (C=O) groups excluding carboxylic acids is 4. The van der Waals surface area contributed by atoms with Gasteiger partial charge in [-0.25, -0.2) is 4.79 Å².